The van der Waals surface area contributed by atoms with Crippen molar-refractivity contribution >= 4 is 77.0 Å². The molecule has 3 heterocycles. The highest BCUT2D eigenvalue weighted by Gasteiger charge is 2.20. The molecule has 0 saturated carbocycles. The van der Waals surface area contributed by atoms with E-state index in [-0.39, 0.29) is 0 Å². The van der Waals surface area contributed by atoms with E-state index in [1.165, 1.54) is 82.2 Å². The van der Waals surface area contributed by atoms with Gasteiger partial charge in [-0.2, -0.15) is 0 Å². The van der Waals surface area contributed by atoms with Crippen LogP contribution in [0.25, 0.3) is 87.8 Å². The molecule has 0 bridgehead atoms. The fourth-order valence-corrected chi connectivity index (χ4v) is 9.25. The lowest BCUT2D eigenvalue weighted by atomic mass is 10.0. The van der Waals surface area contributed by atoms with Crippen molar-refractivity contribution in [2.75, 3.05) is 4.90 Å². The Labute approximate surface area is 329 Å². The van der Waals surface area contributed by atoms with Crippen LogP contribution in [0.2, 0.25) is 0 Å². The van der Waals surface area contributed by atoms with Crippen molar-refractivity contribution in [3.63, 3.8) is 0 Å². The van der Waals surface area contributed by atoms with Crippen LogP contribution >= 0.6 is 0 Å². The highest BCUT2D eigenvalue weighted by Crippen LogP contribution is 2.43. The third-order valence-electron chi connectivity index (χ3n) is 11.8. The van der Waals surface area contributed by atoms with Crippen LogP contribution < -0.4 is 4.90 Å². The van der Waals surface area contributed by atoms with Crippen LogP contribution in [0.3, 0.4) is 0 Å². The van der Waals surface area contributed by atoms with Crippen LogP contribution in [0.5, 0.6) is 0 Å². The van der Waals surface area contributed by atoms with Crippen LogP contribution in [-0.2, 0) is 0 Å². The van der Waals surface area contributed by atoms with E-state index in [4.69, 9.17) is 0 Å². The second-order valence-electron chi connectivity index (χ2n) is 15.0. The van der Waals surface area contributed by atoms with Crippen LogP contribution in [0.1, 0.15) is 0 Å². The summed E-state index contributed by atoms with van der Waals surface area (Å²) in [6.45, 7) is 0. The molecule has 12 rings (SSSR count). The lowest BCUT2D eigenvalue weighted by molar-refractivity contribution is 1.18. The number of benzene rings is 9. The summed E-state index contributed by atoms with van der Waals surface area (Å²) in [5.41, 5.74) is 15.4. The van der Waals surface area contributed by atoms with Crippen LogP contribution in [0, 0.1) is 0 Å². The zero-order valence-electron chi connectivity index (χ0n) is 31.0. The van der Waals surface area contributed by atoms with Gasteiger partial charge in [0.2, 0.25) is 0 Å². The third-order valence-corrected chi connectivity index (χ3v) is 11.8. The third kappa shape index (κ3) is 4.86. The van der Waals surface area contributed by atoms with Gasteiger partial charge in [0.15, 0.2) is 0 Å². The van der Waals surface area contributed by atoms with Gasteiger partial charge in [-0.15, -0.1) is 0 Å². The molecule has 0 spiro atoms. The summed E-state index contributed by atoms with van der Waals surface area (Å²) in [4.78, 5) is 2.39. The minimum Gasteiger partial charge on any atom is -0.310 e. The number of anilines is 3. The van der Waals surface area contributed by atoms with E-state index in [0.717, 1.165) is 22.7 Å². The molecule has 266 valence electrons. The largest absolute Gasteiger partial charge is 0.310 e. The maximum Gasteiger partial charge on any atom is 0.0620 e. The highest BCUT2D eigenvalue weighted by molar-refractivity contribution is 6.23. The van der Waals surface area contributed by atoms with E-state index in [2.05, 4.69) is 226 Å². The van der Waals surface area contributed by atoms with E-state index >= 15 is 0 Å². The van der Waals surface area contributed by atoms with E-state index < -0.39 is 0 Å². The van der Waals surface area contributed by atoms with Gasteiger partial charge >= 0.3 is 0 Å². The summed E-state index contributed by atoms with van der Waals surface area (Å²) in [5, 5.41) is 7.66. The first kappa shape index (κ1) is 31.7. The normalized spacial score (nSPS) is 11.9. The molecule has 0 saturated heterocycles. The van der Waals surface area contributed by atoms with Crippen molar-refractivity contribution in [1.82, 2.24) is 8.97 Å². The van der Waals surface area contributed by atoms with Crippen molar-refractivity contribution in [1.29, 1.82) is 0 Å². The maximum atomic E-state index is 2.46. The lowest BCUT2D eigenvalue weighted by Gasteiger charge is -2.26. The van der Waals surface area contributed by atoms with E-state index in [0.29, 0.717) is 0 Å². The molecule has 0 unspecified atom stereocenters. The average Bonchev–Trinajstić information content (AvgIpc) is 3.92. The molecular weight excluding hydrogens is 691 g/mol. The fourth-order valence-electron chi connectivity index (χ4n) is 9.25. The van der Waals surface area contributed by atoms with Crippen molar-refractivity contribution in [2.24, 2.45) is 0 Å². The van der Waals surface area contributed by atoms with Gasteiger partial charge in [-0.25, -0.2) is 0 Å². The molecule has 0 fully saturated rings. The summed E-state index contributed by atoms with van der Waals surface area (Å²) in [7, 11) is 0. The van der Waals surface area contributed by atoms with Gasteiger partial charge in [0.05, 0.1) is 27.6 Å². The summed E-state index contributed by atoms with van der Waals surface area (Å²) in [6.07, 6.45) is 0. The SMILES string of the molecule is c1ccc(-c2ccc(N(c3ccc(-c4ccc5c6ccccc6n(-c6ccccc6)c5c4)cc3)c3ccc4c5cccc6c7ccccc7n(c4c3)c65)cc2)cc1. The second-order valence-corrected chi connectivity index (χ2v) is 15.0. The molecule has 0 radical (unpaired) electrons. The average molecular weight is 726 g/mol. The summed E-state index contributed by atoms with van der Waals surface area (Å²) in [5.74, 6) is 0. The number of nitrogens with zero attached hydrogens (tertiary/aromatic N) is 3. The van der Waals surface area contributed by atoms with Gasteiger partial charge in [-0.05, 0) is 89.0 Å². The first-order chi connectivity index (χ1) is 28.3. The number of aromatic nitrogens is 2. The van der Waals surface area contributed by atoms with E-state index in [1.54, 1.807) is 0 Å². The van der Waals surface area contributed by atoms with Crippen molar-refractivity contribution in [2.45, 2.75) is 0 Å². The van der Waals surface area contributed by atoms with E-state index in [1.807, 2.05) is 0 Å². The summed E-state index contributed by atoms with van der Waals surface area (Å²) >= 11 is 0. The van der Waals surface area contributed by atoms with Gasteiger partial charge in [-0.1, -0.05) is 146 Å². The minimum absolute atomic E-state index is 1.10. The fraction of sp³-hybridized carbons (Fsp3) is 0. The molecule has 3 aromatic heterocycles. The van der Waals surface area contributed by atoms with Crippen molar-refractivity contribution < 1.29 is 0 Å². The monoisotopic (exact) mass is 725 g/mol. The molecule has 0 amide bonds. The Morgan fingerprint density at radius 2 is 0.754 bits per heavy atom. The molecule has 0 aliphatic carbocycles. The predicted molar refractivity (Wildman–Crippen MR) is 241 cm³/mol. The summed E-state index contributed by atoms with van der Waals surface area (Å²) in [6, 6.07) is 77.4. The summed E-state index contributed by atoms with van der Waals surface area (Å²) < 4.78 is 4.85. The molecule has 0 aliphatic rings. The molecule has 9 aromatic carbocycles. The lowest BCUT2D eigenvalue weighted by Crippen LogP contribution is -2.10. The van der Waals surface area contributed by atoms with Gasteiger partial charge in [0.1, 0.15) is 0 Å². The Bertz CT molecular complexity index is 3430. The predicted octanol–water partition coefficient (Wildman–Crippen LogP) is 14.7. The Morgan fingerprint density at radius 1 is 0.281 bits per heavy atom. The van der Waals surface area contributed by atoms with Gasteiger partial charge < -0.3 is 13.9 Å². The van der Waals surface area contributed by atoms with Crippen LogP contribution in [0.4, 0.5) is 17.1 Å². The first-order valence-corrected chi connectivity index (χ1v) is 19.6. The van der Waals surface area contributed by atoms with Crippen LogP contribution in [-0.4, -0.2) is 8.97 Å². The molecule has 57 heavy (non-hydrogen) atoms. The molecule has 0 N–H and O–H groups in total. The molecule has 0 aliphatic heterocycles. The number of hydrogen-bond acceptors (Lipinski definition) is 1. The number of rotatable bonds is 6. The van der Waals surface area contributed by atoms with E-state index in [9.17, 15) is 0 Å². The first-order valence-electron chi connectivity index (χ1n) is 19.6. The Hall–Kier alpha value is -7.62. The molecule has 3 heteroatoms. The Kier molecular flexibility index (Phi) is 6.93. The molecule has 12 aromatic rings. The topological polar surface area (TPSA) is 12.6 Å². The molecular formula is C54H35N3. The van der Waals surface area contributed by atoms with Crippen LogP contribution in [0.15, 0.2) is 212 Å². The Balaban J connectivity index is 1.01. The smallest absolute Gasteiger partial charge is 0.0620 e. The maximum absolute atomic E-state index is 2.46. The zero-order chi connectivity index (χ0) is 37.5. The second kappa shape index (κ2) is 12.5. The quantitative estimate of drug-likeness (QED) is 0.166. The number of hydrogen-bond donors (Lipinski definition) is 0. The van der Waals surface area contributed by atoms with Gasteiger partial charge in [0, 0.05) is 55.1 Å². The number of fused-ring (bicyclic) bond motifs is 9. The van der Waals surface area contributed by atoms with Gasteiger partial charge in [-0.3, -0.25) is 0 Å². The molecule has 0 atom stereocenters. The molecule has 3 nitrogen and oxygen atoms in total. The number of para-hydroxylation sites is 4. The Morgan fingerprint density at radius 3 is 1.46 bits per heavy atom. The zero-order valence-corrected chi connectivity index (χ0v) is 31.0. The standard InChI is InChI=1S/C54H35N3/c1-3-12-36(13-4-1)37-22-27-41(28-23-37)55(43-31-33-47-49-19-11-18-48-45-17-8-10-21-51(45)57(54(48)49)53(47)35-43)42-29-24-38(25-30-42)39-26-32-46-44-16-7-9-20-50(44)56(52(46)34-39)40-14-5-2-6-15-40/h1-35H. The minimum atomic E-state index is 1.10. The van der Waals surface area contributed by atoms with Gasteiger partial charge in [0.25, 0.3) is 0 Å². The highest BCUT2D eigenvalue weighted by atomic mass is 15.1. The van der Waals surface area contributed by atoms with Crippen molar-refractivity contribution in [3.05, 3.63) is 212 Å². The van der Waals surface area contributed by atoms with Crippen molar-refractivity contribution in [3.8, 4) is 27.9 Å².